The topological polar surface area (TPSA) is 49.4 Å². The maximum absolute atomic E-state index is 12.6. The minimum atomic E-state index is -0.511. The highest BCUT2D eigenvalue weighted by Crippen LogP contribution is 2.28. The van der Waals surface area contributed by atoms with E-state index in [1.54, 1.807) is 36.4 Å². The van der Waals surface area contributed by atoms with Crippen LogP contribution in [-0.4, -0.2) is 11.8 Å². The average molecular weight is 382 g/mol. The summed E-state index contributed by atoms with van der Waals surface area (Å²) < 4.78 is 0. The summed E-state index contributed by atoms with van der Waals surface area (Å²) >= 11 is 18.0. The van der Waals surface area contributed by atoms with Gasteiger partial charge in [-0.2, -0.15) is 0 Å². The molecular formula is C17H11Cl3N2O2. The van der Waals surface area contributed by atoms with E-state index in [0.717, 1.165) is 10.6 Å². The van der Waals surface area contributed by atoms with Gasteiger partial charge in [0.1, 0.15) is 5.57 Å². The number of carbonyl (C=O) groups is 2. The third-order valence-corrected chi connectivity index (χ3v) is 4.54. The highest BCUT2D eigenvalue weighted by molar-refractivity contribution is 6.37. The first kappa shape index (κ1) is 16.8. The molecule has 0 aromatic heterocycles. The predicted molar refractivity (Wildman–Crippen MR) is 96.3 cm³/mol. The van der Waals surface area contributed by atoms with Gasteiger partial charge in [0, 0.05) is 15.1 Å². The maximum atomic E-state index is 12.6. The second-order valence-electron chi connectivity index (χ2n) is 5.24. The van der Waals surface area contributed by atoms with Gasteiger partial charge in [0.15, 0.2) is 0 Å². The number of nitrogens with one attached hydrogen (secondary N) is 1. The Balaban J connectivity index is 1.97. The summed E-state index contributed by atoms with van der Waals surface area (Å²) in [5.74, 6) is -0.992. The van der Waals surface area contributed by atoms with Gasteiger partial charge >= 0.3 is 0 Å². The van der Waals surface area contributed by atoms with Gasteiger partial charge in [0.25, 0.3) is 11.8 Å². The molecular weight excluding hydrogens is 371 g/mol. The van der Waals surface area contributed by atoms with E-state index in [2.05, 4.69) is 5.43 Å². The molecule has 1 fully saturated rings. The Morgan fingerprint density at radius 2 is 1.75 bits per heavy atom. The summed E-state index contributed by atoms with van der Waals surface area (Å²) in [7, 11) is 0. The van der Waals surface area contributed by atoms with E-state index in [9.17, 15) is 9.59 Å². The predicted octanol–water partition coefficient (Wildman–Crippen LogP) is 4.42. The van der Waals surface area contributed by atoms with E-state index in [0.29, 0.717) is 26.3 Å². The van der Waals surface area contributed by atoms with Gasteiger partial charge in [-0.3, -0.25) is 15.0 Å². The average Bonchev–Trinajstić information content (AvgIpc) is 2.80. The maximum Gasteiger partial charge on any atom is 0.282 e. The number of rotatable bonds is 2. The first-order chi connectivity index (χ1) is 11.4. The second kappa shape index (κ2) is 6.48. The SMILES string of the molecule is Cc1ccc(N2NC(=O)C(=Cc3ccc(Cl)cc3Cl)C2=O)cc1Cl. The van der Waals surface area contributed by atoms with Crippen molar-refractivity contribution in [2.75, 3.05) is 5.01 Å². The van der Waals surface area contributed by atoms with E-state index in [4.69, 9.17) is 34.8 Å². The molecule has 1 heterocycles. The number of carbonyl (C=O) groups excluding carboxylic acids is 2. The molecule has 122 valence electrons. The van der Waals surface area contributed by atoms with Crippen molar-refractivity contribution >= 4 is 58.4 Å². The minimum Gasteiger partial charge on any atom is -0.267 e. The third-order valence-electron chi connectivity index (χ3n) is 3.57. The van der Waals surface area contributed by atoms with Gasteiger partial charge in [-0.05, 0) is 48.4 Å². The normalized spacial score (nSPS) is 16.0. The molecule has 1 aliphatic rings. The van der Waals surface area contributed by atoms with Crippen molar-refractivity contribution in [2.24, 2.45) is 0 Å². The lowest BCUT2D eigenvalue weighted by Gasteiger charge is -2.15. The summed E-state index contributed by atoms with van der Waals surface area (Å²) in [6.45, 7) is 1.85. The number of hydrogen-bond acceptors (Lipinski definition) is 2. The first-order valence-corrected chi connectivity index (χ1v) is 8.08. The number of anilines is 1. The molecule has 0 atom stereocenters. The number of hydrogen-bond donors (Lipinski definition) is 1. The first-order valence-electron chi connectivity index (χ1n) is 6.95. The number of aryl methyl sites for hydroxylation is 1. The van der Waals surface area contributed by atoms with Crippen molar-refractivity contribution in [3.05, 3.63) is 68.2 Å². The van der Waals surface area contributed by atoms with Crippen LogP contribution in [0, 0.1) is 6.92 Å². The fourth-order valence-electron chi connectivity index (χ4n) is 2.23. The lowest BCUT2D eigenvalue weighted by molar-refractivity contribution is -0.117. The molecule has 0 spiro atoms. The molecule has 7 heteroatoms. The molecule has 0 bridgehead atoms. The Morgan fingerprint density at radius 3 is 2.42 bits per heavy atom. The molecule has 3 rings (SSSR count). The molecule has 2 amide bonds. The van der Waals surface area contributed by atoms with Crippen LogP contribution in [0.5, 0.6) is 0 Å². The Labute approximate surface area is 153 Å². The van der Waals surface area contributed by atoms with Crippen LogP contribution in [0.1, 0.15) is 11.1 Å². The smallest absolute Gasteiger partial charge is 0.267 e. The molecule has 0 saturated carbocycles. The van der Waals surface area contributed by atoms with Crippen LogP contribution in [0.15, 0.2) is 42.0 Å². The standard InChI is InChI=1S/C17H11Cl3N2O2/c1-9-2-5-12(8-14(9)19)22-17(24)13(16(23)21-22)6-10-3-4-11(18)7-15(10)20/h2-8H,1H3,(H,21,23). The molecule has 4 nitrogen and oxygen atoms in total. The Morgan fingerprint density at radius 1 is 1.00 bits per heavy atom. The summed E-state index contributed by atoms with van der Waals surface area (Å²) in [5.41, 5.74) is 4.39. The molecule has 0 aliphatic carbocycles. The lowest BCUT2D eigenvalue weighted by atomic mass is 10.1. The number of amides is 2. The molecule has 24 heavy (non-hydrogen) atoms. The summed E-state index contributed by atoms with van der Waals surface area (Å²) in [6, 6.07) is 9.92. The molecule has 1 N–H and O–H groups in total. The number of hydrazine groups is 1. The second-order valence-corrected chi connectivity index (χ2v) is 6.49. The van der Waals surface area contributed by atoms with Crippen LogP contribution in [-0.2, 0) is 9.59 Å². The van der Waals surface area contributed by atoms with Crippen LogP contribution < -0.4 is 10.4 Å². The van der Waals surface area contributed by atoms with Crippen molar-refractivity contribution < 1.29 is 9.59 Å². The Kier molecular flexibility index (Phi) is 4.54. The monoisotopic (exact) mass is 380 g/mol. The molecule has 2 aromatic carbocycles. The van der Waals surface area contributed by atoms with Crippen LogP contribution >= 0.6 is 34.8 Å². The van der Waals surface area contributed by atoms with Crippen molar-refractivity contribution in [1.82, 2.24) is 5.43 Å². The zero-order valence-electron chi connectivity index (χ0n) is 12.4. The summed E-state index contributed by atoms with van der Waals surface area (Å²) in [6.07, 6.45) is 1.44. The van der Waals surface area contributed by atoms with Gasteiger partial charge < -0.3 is 0 Å². The van der Waals surface area contributed by atoms with E-state index >= 15 is 0 Å². The minimum absolute atomic E-state index is 0.0177. The van der Waals surface area contributed by atoms with E-state index in [-0.39, 0.29) is 5.57 Å². The highest BCUT2D eigenvalue weighted by Gasteiger charge is 2.34. The van der Waals surface area contributed by atoms with Crippen molar-refractivity contribution in [3.8, 4) is 0 Å². The number of benzene rings is 2. The quantitative estimate of drug-likeness (QED) is 0.618. The molecule has 1 aliphatic heterocycles. The van der Waals surface area contributed by atoms with Gasteiger partial charge in [0.05, 0.1) is 5.69 Å². The van der Waals surface area contributed by atoms with Crippen molar-refractivity contribution in [2.45, 2.75) is 6.92 Å². The fourth-order valence-corrected chi connectivity index (χ4v) is 2.87. The van der Waals surface area contributed by atoms with Gasteiger partial charge in [0.2, 0.25) is 0 Å². The van der Waals surface area contributed by atoms with Gasteiger partial charge in [-0.1, -0.05) is 46.9 Å². The molecule has 0 unspecified atom stereocenters. The molecule has 2 aromatic rings. The van der Waals surface area contributed by atoms with Gasteiger partial charge in [-0.15, -0.1) is 0 Å². The highest BCUT2D eigenvalue weighted by atomic mass is 35.5. The van der Waals surface area contributed by atoms with E-state index in [1.165, 1.54) is 6.08 Å². The molecule has 1 saturated heterocycles. The Hall–Kier alpha value is -2.01. The zero-order valence-corrected chi connectivity index (χ0v) is 14.7. The van der Waals surface area contributed by atoms with Crippen LogP contribution in [0.4, 0.5) is 5.69 Å². The summed E-state index contributed by atoms with van der Waals surface area (Å²) in [5, 5.41) is 2.49. The Bertz CT molecular complexity index is 893. The summed E-state index contributed by atoms with van der Waals surface area (Å²) in [4.78, 5) is 24.7. The lowest BCUT2D eigenvalue weighted by Crippen LogP contribution is -2.35. The third kappa shape index (κ3) is 3.13. The van der Waals surface area contributed by atoms with E-state index < -0.39 is 11.8 Å². The van der Waals surface area contributed by atoms with Crippen molar-refractivity contribution in [3.63, 3.8) is 0 Å². The van der Waals surface area contributed by atoms with Crippen LogP contribution in [0.25, 0.3) is 6.08 Å². The zero-order chi connectivity index (χ0) is 17.4. The largest absolute Gasteiger partial charge is 0.282 e. The van der Waals surface area contributed by atoms with Crippen molar-refractivity contribution in [1.29, 1.82) is 0 Å². The van der Waals surface area contributed by atoms with E-state index in [1.807, 2.05) is 6.92 Å². The molecule has 0 radical (unpaired) electrons. The van der Waals surface area contributed by atoms with Crippen LogP contribution in [0.3, 0.4) is 0 Å². The fraction of sp³-hybridized carbons (Fsp3) is 0.0588. The van der Waals surface area contributed by atoms with Crippen LogP contribution in [0.2, 0.25) is 15.1 Å². The number of halogens is 3. The van der Waals surface area contributed by atoms with Gasteiger partial charge in [-0.25, -0.2) is 5.01 Å². The number of nitrogens with zero attached hydrogens (tertiary/aromatic N) is 1.